The minimum absolute atomic E-state index is 0.0467. The van der Waals surface area contributed by atoms with E-state index in [1.54, 1.807) is 18.0 Å². The van der Waals surface area contributed by atoms with Gasteiger partial charge in [0.05, 0.1) is 12.5 Å². The molecule has 3 aliphatic rings. The van der Waals surface area contributed by atoms with E-state index in [4.69, 9.17) is 0 Å². The number of Topliss-reactive ketones (excluding diaryl/α,β-unsaturated/α-hetero) is 1. The molecule has 220 valence electrons. The zero-order valence-electron chi connectivity index (χ0n) is 22.9. The van der Waals surface area contributed by atoms with E-state index in [1.807, 2.05) is 6.07 Å². The first-order valence-corrected chi connectivity index (χ1v) is 16.9. The van der Waals surface area contributed by atoms with Crippen molar-refractivity contribution in [3.05, 3.63) is 30.1 Å². The maximum Gasteiger partial charge on any atom is 0.317 e. The summed E-state index contributed by atoms with van der Waals surface area (Å²) in [6, 6.07) is 6.62. The van der Waals surface area contributed by atoms with E-state index in [0.717, 1.165) is 31.6 Å². The predicted molar refractivity (Wildman–Crippen MR) is 148 cm³/mol. The average Bonchev–Trinajstić information content (AvgIpc) is 2.88. The molecule has 3 heterocycles. The van der Waals surface area contributed by atoms with Gasteiger partial charge in [-0.25, -0.2) is 34.6 Å². The molecule has 4 rings (SSSR count). The minimum atomic E-state index is -3.16. The summed E-state index contributed by atoms with van der Waals surface area (Å²) in [5.41, 5.74) is 0.875. The lowest BCUT2D eigenvalue weighted by molar-refractivity contribution is -0.120. The molecular formula is C25H40FN5O6S2. The van der Waals surface area contributed by atoms with Crippen LogP contribution in [-0.4, -0.2) is 113 Å². The molecule has 0 saturated carbocycles. The Balaban J connectivity index is 0.000000320. The van der Waals surface area contributed by atoms with E-state index in [0.29, 0.717) is 51.9 Å². The van der Waals surface area contributed by atoms with Crippen LogP contribution in [0, 0.1) is 5.82 Å². The molecule has 1 aromatic rings. The van der Waals surface area contributed by atoms with Crippen molar-refractivity contribution in [2.24, 2.45) is 0 Å². The average molecular weight is 590 g/mol. The molecule has 0 aromatic heterocycles. The van der Waals surface area contributed by atoms with Crippen LogP contribution >= 0.6 is 0 Å². The lowest BCUT2D eigenvalue weighted by atomic mass is 10.0. The van der Waals surface area contributed by atoms with Gasteiger partial charge in [0, 0.05) is 76.9 Å². The van der Waals surface area contributed by atoms with Gasteiger partial charge in [-0.15, -0.1) is 0 Å². The van der Waals surface area contributed by atoms with Crippen LogP contribution in [0.15, 0.2) is 24.3 Å². The number of sulfonamides is 2. The molecule has 11 nitrogen and oxygen atoms in total. The molecule has 2 amide bonds. The predicted octanol–water partition coefficient (Wildman–Crippen LogP) is 1.47. The smallest absolute Gasteiger partial charge is 0.317 e. The number of hydrogen-bond donors (Lipinski definition) is 1. The van der Waals surface area contributed by atoms with E-state index in [2.05, 4.69) is 10.2 Å². The SMILES string of the molecule is CN(C(=O)NC1CCN(c2cccc(F)c2)CC1)C1CCN(S(C)(=O)=O)CC1.CS(=O)(=O)N1CCC(=O)CC1. The highest BCUT2D eigenvalue weighted by Gasteiger charge is 2.30. The Hall–Kier alpha value is -2.29. The largest absolute Gasteiger partial charge is 0.371 e. The topological polar surface area (TPSA) is 127 Å². The molecule has 39 heavy (non-hydrogen) atoms. The van der Waals surface area contributed by atoms with Crippen molar-refractivity contribution in [3.63, 3.8) is 0 Å². The van der Waals surface area contributed by atoms with E-state index in [9.17, 15) is 30.8 Å². The Labute approximate surface area is 231 Å². The molecule has 3 fully saturated rings. The number of urea groups is 1. The van der Waals surface area contributed by atoms with Crippen LogP contribution in [0.3, 0.4) is 0 Å². The summed E-state index contributed by atoms with van der Waals surface area (Å²) < 4.78 is 61.3. The zero-order valence-corrected chi connectivity index (χ0v) is 24.5. The number of carbonyl (C=O) groups excluding carboxylic acids is 2. The van der Waals surface area contributed by atoms with Crippen molar-refractivity contribution >= 4 is 37.5 Å². The third-order valence-electron chi connectivity index (χ3n) is 7.51. The second-order valence-corrected chi connectivity index (χ2v) is 14.4. The van der Waals surface area contributed by atoms with Crippen LogP contribution in [0.4, 0.5) is 14.9 Å². The van der Waals surface area contributed by atoms with Gasteiger partial charge in [0.2, 0.25) is 20.0 Å². The van der Waals surface area contributed by atoms with Gasteiger partial charge in [-0.3, -0.25) is 4.79 Å². The summed E-state index contributed by atoms with van der Waals surface area (Å²) >= 11 is 0. The summed E-state index contributed by atoms with van der Waals surface area (Å²) in [5, 5.41) is 3.10. The van der Waals surface area contributed by atoms with Crippen molar-refractivity contribution in [1.29, 1.82) is 0 Å². The van der Waals surface area contributed by atoms with E-state index < -0.39 is 20.0 Å². The quantitative estimate of drug-likeness (QED) is 0.551. The molecule has 0 unspecified atom stereocenters. The first-order chi connectivity index (χ1) is 18.2. The van der Waals surface area contributed by atoms with Gasteiger partial charge in [0.15, 0.2) is 0 Å². The van der Waals surface area contributed by atoms with Crippen molar-refractivity contribution in [1.82, 2.24) is 18.8 Å². The lowest BCUT2D eigenvalue weighted by Gasteiger charge is -2.38. The number of benzene rings is 1. The number of amides is 2. The molecule has 14 heteroatoms. The highest BCUT2D eigenvalue weighted by atomic mass is 32.2. The molecule has 0 aliphatic carbocycles. The Morgan fingerprint density at radius 3 is 1.95 bits per heavy atom. The Bertz CT molecular complexity index is 1200. The fourth-order valence-corrected chi connectivity index (χ4v) is 6.75. The molecule has 0 spiro atoms. The second-order valence-electron chi connectivity index (χ2n) is 10.4. The van der Waals surface area contributed by atoms with Crippen LogP contribution in [0.5, 0.6) is 0 Å². The van der Waals surface area contributed by atoms with Crippen molar-refractivity contribution in [2.45, 2.75) is 50.6 Å². The summed E-state index contributed by atoms with van der Waals surface area (Å²) in [5.74, 6) is -0.0821. The molecule has 1 aromatic carbocycles. The standard InChI is InChI=1S/C19H29FN4O3S.C6H11NO3S/c1-22(17-8-12-24(13-9-17)28(2,26)27)19(25)21-16-6-10-23(11-7-16)18-5-3-4-15(20)14-18;1-11(9,10)7-4-2-6(8)3-5-7/h3-5,14,16-17H,6-13H2,1-2H3,(H,21,25);2-5H2,1H3. The summed E-state index contributed by atoms with van der Waals surface area (Å²) in [6.45, 7) is 3.16. The van der Waals surface area contributed by atoms with E-state index >= 15 is 0 Å². The van der Waals surface area contributed by atoms with Gasteiger partial charge in [0.1, 0.15) is 11.6 Å². The normalized spacial score (nSPS) is 20.7. The lowest BCUT2D eigenvalue weighted by Crippen LogP contribution is -2.53. The van der Waals surface area contributed by atoms with Gasteiger partial charge in [-0.1, -0.05) is 6.07 Å². The maximum absolute atomic E-state index is 13.4. The summed E-state index contributed by atoms with van der Waals surface area (Å²) in [6.07, 6.45) is 6.04. The van der Waals surface area contributed by atoms with Crippen molar-refractivity contribution in [3.8, 4) is 0 Å². The number of hydrogen-bond acceptors (Lipinski definition) is 7. The molecule has 0 atom stereocenters. The Morgan fingerprint density at radius 1 is 0.897 bits per heavy atom. The first kappa shape index (κ1) is 31.2. The third kappa shape index (κ3) is 9.40. The Morgan fingerprint density at radius 2 is 1.44 bits per heavy atom. The van der Waals surface area contributed by atoms with E-state index in [1.165, 1.54) is 33.3 Å². The molecular weight excluding hydrogens is 549 g/mol. The van der Waals surface area contributed by atoms with Crippen LogP contribution in [-0.2, 0) is 24.8 Å². The molecule has 1 N–H and O–H groups in total. The third-order valence-corrected chi connectivity index (χ3v) is 10.1. The first-order valence-electron chi connectivity index (χ1n) is 13.2. The number of carbonyl (C=O) groups is 2. The van der Waals surface area contributed by atoms with Crippen LogP contribution < -0.4 is 10.2 Å². The van der Waals surface area contributed by atoms with Crippen molar-refractivity contribution in [2.75, 3.05) is 63.7 Å². The van der Waals surface area contributed by atoms with Gasteiger partial charge >= 0.3 is 6.03 Å². The molecule has 0 radical (unpaired) electrons. The number of nitrogens with zero attached hydrogens (tertiary/aromatic N) is 4. The zero-order chi connectivity index (χ0) is 28.8. The number of anilines is 1. The number of rotatable bonds is 5. The van der Waals surface area contributed by atoms with Gasteiger partial charge < -0.3 is 15.1 Å². The maximum atomic E-state index is 13.4. The molecule has 0 bridgehead atoms. The fraction of sp³-hybridized carbons (Fsp3) is 0.680. The number of ketones is 1. The van der Waals surface area contributed by atoms with E-state index in [-0.39, 0.29) is 29.7 Å². The highest BCUT2D eigenvalue weighted by Crippen LogP contribution is 2.22. The summed E-state index contributed by atoms with van der Waals surface area (Å²) in [4.78, 5) is 27.2. The summed E-state index contributed by atoms with van der Waals surface area (Å²) in [7, 11) is -4.46. The molecule has 3 saturated heterocycles. The van der Waals surface area contributed by atoms with Crippen LogP contribution in [0.1, 0.15) is 38.5 Å². The van der Waals surface area contributed by atoms with Crippen LogP contribution in [0.2, 0.25) is 0 Å². The van der Waals surface area contributed by atoms with Gasteiger partial charge in [-0.05, 0) is 43.9 Å². The number of piperidine rings is 3. The molecule has 3 aliphatic heterocycles. The van der Waals surface area contributed by atoms with Crippen LogP contribution in [0.25, 0.3) is 0 Å². The number of nitrogens with one attached hydrogen (secondary N) is 1. The Kier molecular flexibility index (Phi) is 10.7. The van der Waals surface area contributed by atoms with Gasteiger partial charge in [-0.2, -0.15) is 0 Å². The van der Waals surface area contributed by atoms with Gasteiger partial charge in [0.25, 0.3) is 0 Å². The number of halogens is 1. The minimum Gasteiger partial charge on any atom is -0.371 e. The van der Waals surface area contributed by atoms with Crippen molar-refractivity contribution < 1.29 is 30.8 Å². The second kappa shape index (κ2) is 13.4. The fourth-order valence-electron chi connectivity index (χ4n) is 5.03. The monoisotopic (exact) mass is 589 g/mol. The highest BCUT2D eigenvalue weighted by molar-refractivity contribution is 7.88.